The van der Waals surface area contributed by atoms with Gasteiger partial charge in [0.25, 0.3) is 0 Å². The van der Waals surface area contributed by atoms with Gasteiger partial charge in [-0.3, -0.25) is 4.79 Å². The first-order chi connectivity index (χ1) is 5.63. The van der Waals surface area contributed by atoms with Gasteiger partial charge in [-0.1, -0.05) is 15.9 Å². The number of carbonyl (C=O) groups excluding carboxylic acids is 1. The van der Waals surface area contributed by atoms with E-state index in [1.54, 1.807) is 23.9 Å². The average molecular weight is 246 g/mol. The second-order valence-electron chi connectivity index (χ2n) is 2.24. The van der Waals surface area contributed by atoms with E-state index in [1.807, 2.05) is 12.3 Å². The predicted molar refractivity (Wildman–Crippen MR) is 54.4 cm³/mol. The van der Waals surface area contributed by atoms with Crippen LogP contribution in [0.4, 0.5) is 0 Å². The van der Waals surface area contributed by atoms with Gasteiger partial charge in [0.2, 0.25) is 5.91 Å². The highest BCUT2D eigenvalue weighted by atomic mass is 79.9. The van der Waals surface area contributed by atoms with Crippen LogP contribution in [0.15, 0.2) is 27.6 Å². The molecule has 0 spiro atoms. The molecule has 2 nitrogen and oxygen atoms in total. The van der Waals surface area contributed by atoms with E-state index >= 15 is 0 Å². The zero-order chi connectivity index (χ0) is 9.14. The summed E-state index contributed by atoms with van der Waals surface area (Å²) in [4.78, 5) is 11.8. The van der Waals surface area contributed by atoms with Crippen molar-refractivity contribution in [2.24, 2.45) is 5.73 Å². The fraction of sp³-hybridized carbons (Fsp3) is 0.125. The van der Waals surface area contributed by atoms with Crippen molar-refractivity contribution in [3.8, 4) is 0 Å². The molecule has 0 aromatic heterocycles. The second kappa shape index (κ2) is 3.96. The lowest BCUT2D eigenvalue weighted by molar-refractivity contribution is 0.1000. The Balaban J connectivity index is 3.15. The number of thioether (sulfide) groups is 1. The third-order valence-electron chi connectivity index (χ3n) is 1.39. The van der Waals surface area contributed by atoms with Crippen LogP contribution in [0.25, 0.3) is 0 Å². The summed E-state index contributed by atoms with van der Waals surface area (Å²) in [5, 5.41) is 0. The van der Waals surface area contributed by atoms with Gasteiger partial charge in [0.05, 0.1) is 0 Å². The maximum Gasteiger partial charge on any atom is 0.248 e. The molecule has 64 valence electrons. The van der Waals surface area contributed by atoms with E-state index in [0.29, 0.717) is 5.56 Å². The molecule has 0 saturated heterocycles. The summed E-state index contributed by atoms with van der Waals surface area (Å²) in [7, 11) is 0. The van der Waals surface area contributed by atoms with Gasteiger partial charge in [0.1, 0.15) is 0 Å². The van der Waals surface area contributed by atoms with Crippen LogP contribution in [0, 0.1) is 0 Å². The molecule has 0 saturated carbocycles. The smallest absolute Gasteiger partial charge is 0.248 e. The van der Waals surface area contributed by atoms with Crippen molar-refractivity contribution in [3.63, 3.8) is 0 Å². The van der Waals surface area contributed by atoms with Crippen molar-refractivity contribution in [2.75, 3.05) is 6.26 Å². The van der Waals surface area contributed by atoms with Gasteiger partial charge in [-0.25, -0.2) is 0 Å². The monoisotopic (exact) mass is 245 g/mol. The number of halogens is 1. The summed E-state index contributed by atoms with van der Waals surface area (Å²) < 4.78 is 0.878. The van der Waals surface area contributed by atoms with Crippen LogP contribution in [0.2, 0.25) is 0 Å². The van der Waals surface area contributed by atoms with Crippen LogP contribution in [0.5, 0.6) is 0 Å². The van der Waals surface area contributed by atoms with Crippen molar-refractivity contribution in [1.82, 2.24) is 0 Å². The van der Waals surface area contributed by atoms with Gasteiger partial charge in [0, 0.05) is 14.9 Å². The minimum atomic E-state index is -0.397. The standard InChI is InChI=1S/C8H8BrNOS/c1-12-7-3-5(8(10)11)2-6(9)4-7/h2-4H,1H3,(H2,10,11). The average Bonchev–Trinajstić information content (AvgIpc) is 2.03. The normalized spacial score (nSPS) is 9.83. The molecule has 1 rings (SSSR count). The van der Waals surface area contributed by atoms with Crippen LogP contribution < -0.4 is 5.73 Å². The van der Waals surface area contributed by atoms with E-state index < -0.39 is 5.91 Å². The molecular weight excluding hydrogens is 238 g/mol. The van der Waals surface area contributed by atoms with Gasteiger partial charge in [0.15, 0.2) is 0 Å². The maximum absolute atomic E-state index is 10.8. The Morgan fingerprint density at radius 2 is 2.17 bits per heavy atom. The Morgan fingerprint density at radius 3 is 2.67 bits per heavy atom. The van der Waals surface area contributed by atoms with E-state index in [0.717, 1.165) is 9.37 Å². The molecule has 0 heterocycles. The summed E-state index contributed by atoms with van der Waals surface area (Å²) in [5.74, 6) is -0.397. The number of hydrogen-bond acceptors (Lipinski definition) is 2. The highest BCUT2D eigenvalue weighted by Gasteiger charge is 2.02. The topological polar surface area (TPSA) is 43.1 Å². The molecule has 1 amide bonds. The Kier molecular flexibility index (Phi) is 3.17. The van der Waals surface area contributed by atoms with E-state index in [4.69, 9.17) is 5.73 Å². The van der Waals surface area contributed by atoms with Crippen LogP contribution in [0.3, 0.4) is 0 Å². The number of nitrogens with two attached hydrogens (primary N) is 1. The van der Waals surface area contributed by atoms with Crippen molar-refractivity contribution >= 4 is 33.6 Å². The van der Waals surface area contributed by atoms with Gasteiger partial charge >= 0.3 is 0 Å². The molecule has 1 aromatic rings. The van der Waals surface area contributed by atoms with Crippen molar-refractivity contribution in [2.45, 2.75) is 4.90 Å². The third-order valence-corrected chi connectivity index (χ3v) is 2.56. The van der Waals surface area contributed by atoms with E-state index in [2.05, 4.69) is 15.9 Å². The molecule has 0 bridgehead atoms. The molecule has 0 aliphatic rings. The van der Waals surface area contributed by atoms with Crippen LogP contribution in [0.1, 0.15) is 10.4 Å². The maximum atomic E-state index is 10.8. The number of primary amides is 1. The lowest BCUT2D eigenvalue weighted by atomic mass is 10.2. The molecule has 0 atom stereocenters. The Labute approximate surface area is 83.7 Å². The summed E-state index contributed by atoms with van der Waals surface area (Å²) in [5.41, 5.74) is 5.67. The number of carbonyl (C=O) groups is 1. The first kappa shape index (κ1) is 9.61. The lowest BCUT2D eigenvalue weighted by Crippen LogP contribution is -2.10. The molecule has 2 N–H and O–H groups in total. The molecule has 12 heavy (non-hydrogen) atoms. The third kappa shape index (κ3) is 2.25. The summed E-state index contributed by atoms with van der Waals surface area (Å²) in [6.45, 7) is 0. The van der Waals surface area contributed by atoms with Gasteiger partial charge in [-0.15, -0.1) is 11.8 Å². The fourth-order valence-electron chi connectivity index (χ4n) is 0.823. The molecule has 0 fully saturated rings. The zero-order valence-corrected chi connectivity index (χ0v) is 8.91. The minimum absolute atomic E-state index is 0.397. The molecule has 4 heteroatoms. The fourth-order valence-corrected chi connectivity index (χ4v) is 1.96. The summed E-state index contributed by atoms with van der Waals surface area (Å²) >= 11 is 4.88. The summed E-state index contributed by atoms with van der Waals surface area (Å²) in [6, 6.07) is 5.43. The van der Waals surface area contributed by atoms with E-state index in [-0.39, 0.29) is 0 Å². The van der Waals surface area contributed by atoms with Crippen LogP contribution in [-0.4, -0.2) is 12.2 Å². The quantitative estimate of drug-likeness (QED) is 0.813. The molecular formula is C8H8BrNOS. The zero-order valence-electron chi connectivity index (χ0n) is 6.50. The molecule has 0 unspecified atom stereocenters. The van der Waals surface area contributed by atoms with Crippen molar-refractivity contribution in [1.29, 1.82) is 0 Å². The number of benzene rings is 1. The Hall–Kier alpha value is -0.480. The predicted octanol–water partition coefficient (Wildman–Crippen LogP) is 2.27. The highest BCUT2D eigenvalue weighted by Crippen LogP contribution is 2.22. The number of amides is 1. The highest BCUT2D eigenvalue weighted by molar-refractivity contribution is 9.10. The molecule has 0 radical (unpaired) electrons. The second-order valence-corrected chi connectivity index (χ2v) is 4.04. The van der Waals surface area contributed by atoms with Gasteiger partial charge < -0.3 is 5.73 Å². The van der Waals surface area contributed by atoms with E-state index in [1.165, 1.54) is 0 Å². The first-order valence-electron chi connectivity index (χ1n) is 3.28. The van der Waals surface area contributed by atoms with Crippen molar-refractivity contribution < 1.29 is 4.79 Å². The van der Waals surface area contributed by atoms with Crippen LogP contribution in [-0.2, 0) is 0 Å². The Morgan fingerprint density at radius 1 is 1.50 bits per heavy atom. The first-order valence-corrected chi connectivity index (χ1v) is 5.29. The minimum Gasteiger partial charge on any atom is -0.366 e. The Bertz CT molecular complexity index is 314. The van der Waals surface area contributed by atoms with Gasteiger partial charge in [-0.05, 0) is 24.5 Å². The van der Waals surface area contributed by atoms with Gasteiger partial charge in [-0.2, -0.15) is 0 Å². The molecule has 0 aliphatic heterocycles. The largest absolute Gasteiger partial charge is 0.366 e. The lowest BCUT2D eigenvalue weighted by Gasteiger charge is -2.00. The number of hydrogen-bond donors (Lipinski definition) is 1. The number of rotatable bonds is 2. The SMILES string of the molecule is CSc1cc(Br)cc(C(N)=O)c1. The molecule has 1 aromatic carbocycles. The van der Waals surface area contributed by atoms with Crippen molar-refractivity contribution in [3.05, 3.63) is 28.2 Å². The molecule has 0 aliphatic carbocycles. The summed E-state index contributed by atoms with van der Waals surface area (Å²) in [6.07, 6.45) is 1.95. The van der Waals surface area contributed by atoms with E-state index in [9.17, 15) is 4.79 Å². The van der Waals surface area contributed by atoms with Crippen LogP contribution >= 0.6 is 27.7 Å².